The van der Waals surface area contributed by atoms with Crippen molar-refractivity contribution in [1.82, 2.24) is 10.2 Å². The van der Waals surface area contributed by atoms with Crippen LogP contribution in [0.4, 0.5) is 0 Å². The highest BCUT2D eigenvalue weighted by Crippen LogP contribution is 2.28. The molecular weight excluding hydrogens is 240 g/mol. The zero-order chi connectivity index (χ0) is 13.8. The molecular formula is C15H24N2O2. The maximum absolute atomic E-state index is 9.82. The Labute approximate surface area is 115 Å². The first kappa shape index (κ1) is 14.2. The van der Waals surface area contributed by atoms with Gasteiger partial charge in [-0.2, -0.15) is 0 Å². The van der Waals surface area contributed by atoms with E-state index < -0.39 is 0 Å². The minimum Gasteiger partial charge on any atom is -0.508 e. The van der Waals surface area contributed by atoms with Gasteiger partial charge in [0.15, 0.2) is 0 Å². The molecule has 0 spiro atoms. The Morgan fingerprint density at radius 1 is 1.32 bits per heavy atom. The second kappa shape index (κ2) is 6.26. The van der Waals surface area contributed by atoms with Crippen LogP contribution in [0, 0.1) is 5.92 Å². The monoisotopic (exact) mass is 264 g/mol. The van der Waals surface area contributed by atoms with Crippen LogP contribution in [0.5, 0.6) is 11.5 Å². The van der Waals surface area contributed by atoms with Crippen molar-refractivity contribution in [2.75, 3.05) is 26.7 Å². The van der Waals surface area contributed by atoms with Crippen LogP contribution in [-0.2, 0) is 0 Å². The van der Waals surface area contributed by atoms with E-state index in [0.717, 1.165) is 25.2 Å². The van der Waals surface area contributed by atoms with Gasteiger partial charge in [0.25, 0.3) is 0 Å². The maximum Gasteiger partial charge on any atom is 0.120 e. The highest BCUT2D eigenvalue weighted by atomic mass is 16.3. The van der Waals surface area contributed by atoms with Gasteiger partial charge in [0.05, 0.1) is 0 Å². The standard InChI is InChI=1S/C15H24N2O2/c1-11(14-9-13(18)3-4-15(14)19)16-10-12-5-7-17(2)8-6-12/h3-4,9,11-12,16,18-19H,5-8,10H2,1-2H3. The summed E-state index contributed by atoms with van der Waals surface area (Å²) in [6, 6.07) is 4.72. The van der Waals surface area contributed by atoms with Crippen LogP contribution in [0.2, 0.25) is 0 Å². The number of nitrogens with zero attached hydrogens (tertiary/aromatic N) is 1. The van der Waals surface area contributed by atoms with Gasteiger partial charge < -0.3 is 20.4 Å². The summed E-state index contributed by atoms with van der Waals surface area (Å²) in [5.41, 5.74) is 0.757. The second-order valence-corrected chi connectivity index (χ2v) is 5.62. The molecule has 0 bridgehead atoms. The predicted octanol–water partition coefficient (Wildman–Crippen LogP) is 2.09. The largest absolute Gasteiger partial charge is 0.508 e. The van der Waals surface area contributed by atoms with Crippen LogP contribution < -0.4 is 5.32 Å². The molecule has 0 saturated carbocycles. The van der Waals surface area contributed by atoms with Crippen molar-refractivity contribution in [2.45, 2.75) is 25.8 Å². The maximum atomic E-state index is 9.82. The Morgan fingerprint density at radius 3 is 2.68 bits per heavy atom. The van der Waals surface area contributed by atoms with Crippen molar-refractivity contribution < 1.29 is 10.2 Å². The van der Waals surface area contributed by atoms with E-state index in [4.69, 9.17) is 0 Å². The molecule has 1 aliphatic rings. The molecule has 1 heterocycles. The second-order valence-electron chi connectivity index (χ2n) is 5.62. The number of phenolic OH excluding ortho intramolecular Hbond substituents is 2. The van der Waals surface area contributed by atoms with Crippen LogP contribution in [0.1, 0.15) is 31.4 Å². The van der Waals surface area contributed by atoms with Crippen LogP contribution in [0.3, 0.4) is 0 Å². The third kappa shape index (κ3) is 3.85. The third-order valence-electron chi connectivity index (χ3n) is 4.03. The Morgan fingerprint density at radius 2 is 2.00 bits per heavy atom. The molecule has 1 fully saturated rings. The average molecular weight is 264 g/mol. The van der Waals surface area contributed by atoms with Gasteiger partial charge in [-0.25, -0.2) is 0 Å². The van der Waals surface area contributed by atoms with Crippen LogP contribution in [-0.4, -0.2) is 41.8 Å². The molecule has 19 heavy (non-hydrogen) atoms. The van der Waals surface area contributed by atoms with E-state index in [2.05, 4.69) is 17.3 Å². The summed E-state index contributed by atoms with van der Waals surface area (Å²) in [5, 5.41) is 22.8. The number of likely N-dealkylation sites (tertiary alicyclic amines) is 1. The summed E-state index contributed by atoms with van der Waals surface area (Å²) < 4.78 is 0. The number of phenols is 2. The number of hydrogen-bond donors (Lipinski definition) is 3. The Kier molecular flexibility index (Phi) is 4.66. The van der Waals surface area contributed by atoms with E-state index in [0.29, 0.717) is 5.92 Å². The molecule has 4 nitrogen and oxygen atoms in total. The first-order chi connectivity index (χ1) is 9.06. The molecule has 1 aromatic rings. The molecule has 0 radical (unpaired) electrons. The number of rotatable bonds is 4. The van der Waals surface area contributed by atoms with Crippen molar-refractivity contribution >= 4 is 0 Å². The Balaban J connectivity index is 1.87. The lowest BCUT2D eigenvalue weighted by Gasteiger charge is -2.30. The van der Waals surface area contributed by atoms with Crippen LogP contribution in [0.25, 0.3) is 0 Å². The van der Waals surface area contributed by atoms with E-state index in [-0.39, 0.29) is 17.5 Å². The van der Waals surface area contributed by atoms with Crippen molar-refractivity contribution in [3.05, 3.63) is 23.8 Å². The lowest BCUT2D eigenvalue weighted by molar-refractivity contribution is 0.213. The molecule has 0 aromatic heterocycles. The highest BCUT2D eigenvalue weighted by Gasteiger charge is 2.18. The molecule has 1 atom stereocenters. The number of aromatic hydroxyl groups is 2. The summed E-state index contributed by atoms with van der Waals surface area (Å²) in [6.07, 6.45) is 2.45. The van der Waals surface area contributed by atoms with Crippen molar-refractivity contribution in [3.8, 4) is 11.5 Å². The lowest BCUT2D eigenvalue weighted by atomic mass is 9.96. The fraction of sp³-hybridized carbons (Fsp3) is 0.600. The first-order valence-corrected chi connectivity index (χ1v) is 7.00. The van der Waals surface area contributed by atoms with Gasteiger partial charge in [0, 0.05) is 11.6 Å². The normalized spacial score (nSPS) is 19.5. The summed E-state index contributed by atoms with van der Waals surface area (Å²) >= 11 is 0. The molecule has 1 aliphatic heterocycles. The van der Waals surface area contributed by atoms with Crippen molar-refractivity contribution in [2.24, 2.45) is 5.92 Å². The fourth-order valence-electron chi connectivity index (χ4n) is 2.61. The Bertz CT molecular complexity index is 415. The van der Waals surface area contributed by atoms with Crippen molar-refractivity contribution in [3.63, 3.8) is 0 Å². The van der Waals surface area contributed by atoms with Gasteiger partial charge in [-0.15, -0.1) is 0 Å². The average Bonchev–Trinajstić information content (AvgIpc) is 2.40. The zero-order valence-corrected chi connectivity index (χ0v) is 11.8. The number of hydrogen-bond acceptors (Lipinski definition) is 4. The van der Waals surface area contributed by atoms with Crippen LogP contribution >= 0.6 is 0 Å². The van der Waals surface area contributed by atoms with E-state index in [1.54, 1.807) is 12.1 Å². The van der Waals surface area contributed by atoms with Gasteiger partial charge in [-0.1, -0.05) is 0 Å². The van der Waals surface area contributed by atoms with Gasteiger partial charge in [-0.3, -0.25) is 0 Å². The molecule has 4 heteroatoms. The van der Waals surface area contributed by atoms with Gasteiger partial charge >= 0.3 is 0 Å². The molecule has 0 aliphatic carbocycles. The first-order valence-electron chi connectivity index (χ1n) is 7.00. The SMILES string of the molecule is CC(NCC1CCN(C)CC1)c1cc(O)ccc1O. The molecule has 1 unspecified atom stereocenters. The van der Waals surface area contributed by atoms with Gasteiger partial charge in [0.1, 0.15) is 11.5 Å². The molecule has 2 rings (SSSR count). The zero-order valence-electron chi connectivity index (χ0n) is 11.8. The van der Waals surface area contributed by atoms with Crippen molar-refractivity contribution in [1.29, 1.82) is 0 Å². The summed E-state index contributed by atoms with van der Waals surface area (Å²) in [6.45, 7) is 5.31. The molecule has 1 saturated heterocycles. The smallest absolute Gasteiger partial charge is 0.120 e. The Hall–Kier alpha value is -1.26. The van der Waals surface area contributed by atoms with Gasteiger partial charge in [0.2, 0.25) is 0 Å². The van der Waals surface area contributed by atoms with Crippen LogP contribution in [0.15, 0.2) is 18.2 Å². The van der Waals surface area contributed by atoms with E-state index >= 15 is 0 Å². The molecule has 1 aromatic carbocycles. The highest BCUT2D eigenvalue weighted by molar-refractivity contribution is 5.40. The fourth-order valence-corrected chi connectivity index (χ4v) is 2.61. The van der Waals surface area contributed by atoms with E-state index in [1.165, 1.54) is 18.9 Å². The molecule has 0 amide bonds. The summed E-state index contributed by atoms with van der Waals surface area (Å²) in [7, 11) is 2.16. The summed E-state index contributed by atoms with van der Waals surface area (Å²) in [4.78, 5) is 2.36. The lowest BCUT2D eigenvalue weighted by Crippen LogP contribution is -2.35. The number of nitrogens with one attached hydrogen (secondary N) is 1. The van der Waals surface area contributed by atoms with E-state index in [1.807, 2.05) is 6.92 Å². The third-order valence-corrected chi connectivity index (χ3v) is 4.03. The molecule has 3 N–H and O–H groups in total. The van der Waals surface area contributed by atoms with Gasteiger partial charge in [-0.05, 0) is 70.6 Å². The number of benzene rings is 1. The van der Waals surface area contributed by atoms with E-state index in [9.17, 15) is 10.2 Å². The minimum absolute atomic E-state index is 0.0479. The quantitative estimate of drug-likeness (QED) is 0.729. The summed E-state index contributed by atoms with van der Waals surface area (Å²) in [5.74, 6) is 1.14. The topological polar surface area (TPSA) is 55.7 Å². The number of piperidine rings is 1. The predicted molar refractivity (Wildman–Crippen MR) is 76.4 cm³/mol. The minimum atomic E-state index is 0.0479. The molecule has 106 valence electrons.